The van der Waals surface area contributed by atoms with E-state index in [1.165, 1.54) is 4.90 Å². The van der Waals surface area contributed by atoms with Crippen molar-refractivity contribution >= 4 is 18.2 Å². The Morgan fingerprint density at radius 2 is 1.88 bits per heavy atom. The summed E-state index contributed by atoms with van der Waals surface area (Å²) in [5.74, 6) is -0.697. The first kappa shape index (κ1) is 18.8. The van der Waals surface area contributed by atoms with Gasteiger partial charge < -0.3 is 14.8 Å². The molecule has 1 aliphatic heterocycles. The second-order valence-electron chi connectivity index (χ2n) is 7.24. The van der Waals surface area contributed by atoms with Gasteiger partial charge in [-0.25, -0.2) is 14.4 Å². The molecule has 1 N–H and O–H groups in total. The molecule has 1 aromatic rings. The van der Waals surface area contributed by atoms with Crippen molar-refractivity contribution < 1.29 is 23.9 Å². The van der Waals surface area contributed by atoms with Gasteiger partial charge in [0.05, 0.1) is 12.6 Å². The highest BCUT2D eigenvalue weighted by molar-refractivity contribution is 5.99. The molecule has 1 saturated heterocycles. The number of esters is 1. The largest absolute Gasteiger partial charge is 0.444 e. The third-order valence-corrected chi connectivity index (χ3v) is 4.13. The number of cyclic esters (lactones) is 2. The Labute approximate surface area is 147 Å². The predicted molar refractivity (Wildman–Crippen MR) is 90.7 cm³/mol. The Morgan fingerprint density at radius 3 is 2.44 bits per heavy atom. The molecule has 136 valence electrons. The van der Waals surface area contributed by atoms with Gasteiger partial charge in [0.1, 0.15) is 5.60 Å². The fourth-order valence-electron chi connectivity index (χ4n) is 2.57. The third kappa shape index (κ3) is 4.10. The first-order chi connectivity index (χ1) is 11.5. The molecule has 7 heteroatoms. The number of ether oxygens (including phenoxy) is 2. The first-order valence-corrected chi connectivity index (χ1v) is 8.11. The van der Waals surface area contributed by atoms with Crippen LogP contribution >= 0.6 is 0 Å². The molecule has 0 radical (unpaired) electrons. The number of rotatable bonds is 4. The Bertz CT molecular complexity index is 668. The summed E-state index contributed by atoms with van der Waals surface area (Å²) in [6, 6.07) is 8.55. The van der Waals surface area contributed by atoms with Crippen molar-refractivity contribution in [3.8, 4) is 0 Å². The van der Waals surface area contributed by atoms with E-state index in [9.17, 15) is 14.4 Å². The van der Waals surface area contributed by atoms with Crippen molar-refractivity contribution in [3.05, 3.63) is 35.9 Å². The van der Waals surface area contributed by atoms with Crippen LogP contribution in [0, 0.1) is 0 Å². The van der Waals surface area contributed by atoms with Gasteiger partial charge in [0.15, 0.2) is 5.54 Å². The monoisotopic (exact) mass is 348 g/mol. The summed E-state index contributed by atoms with van der Waals surface area (Å²) in [5.41, 5.74) is -1.14. The zero-order valence-corrected chi connectivity index (χ0v) is 15.2. The van der Waals surface area contributed by atoms with E-state index in [0.717, 1.165) is 5.56 Å². The molecule has 25 heavy (non-hydrogen) atoms. The molecule has 2 amide bonds. The molecule has 0 unspecified atom stereocenters. The average Bonchev–Trinajstić information content (AvgIpc) is 2.70. The van der Waals surface area contributed by atoms with Gasteiger partial charge in [-0.3, -0.25) is 4.90 Å². The maximum Gasteiger partial charge on any atom is 0.418 e. The number of hydrogen-bond donors (Lipinski definition) is 1. The molecular weight excluding hydrogens is 324 g/mol. The lowest BCUT2D eigenvalue weighted by Gasteiger charge is -2.35. The van der Waals surface area contributed by atoms with Crippen LogP contribution in [0.3, 0.4) is 0 Å². The normalized spacial score (nSPS) is 21.7. The van der Waals surface area contributed by atoms with Crippen molar-refractivity contribution in [2.24, 2.45) is 0 Å². The van der Waals surface area contributed by atoms with Gasteiger partial charge in [-0.15, -0.1) is 0 Å². The molecule has 1 heterocycles. The quantitative estimate of drug-likeness (QED) is 0.668. The molecule has 7 nitrogen and oxygen atoms in total. The molecule has 1 fully saturated rings. The summed E-state index contributed by atoms with van der Waals surface area (Å²) in [5, 5.41) is 2.63. The van der Waals surface area contributed by atoms with Crippen LogP contribution in [0.5, 0.6) is 0 Å². The van der Waals surface area contributed by atoms with Gasteiger partial charge in [-0.2, -0.15) is 0 Å². The van der Waals surface area contributed by atoms with Crippen LogP contribution in [0.1, 0.15) is 40.2 Å². The van der Waals surface area contributed by atoms with Gasteiger partial charge in [0, 0.05) is 0 Å². The zero-order chi connectivity index (χ0) is 18.8. The number of amides is 2. The van der Waals surface area contributed by atoms with Gasteiger partial charge >= 0.3 is 18.2 Å². The van der Waals surface area contributed by atoms with Crippen molar-refractivity contribution in [1.82, 2.24) is 10.2 Å². The summed E-state index contributed by atoms with van der Waals surface area (Å²) in [7, 11) is 0. The number of hydrogen-bond acceptors (Lipinski definition) is 5. The fourth-order valence-corrected chi connectivity index (χ4v) is 2.57. The smallest absolute Gasteiger partial charge is 0.418 e. The zero-order valence-electron chi connectivity index (χ0n) is 15.2. The SMILES string of the molecule is C[C@H](NC(=O)OC(C)(C)C)[C@]1(C)C(=O)OC(=O)N1Cc1ccccc1. The first-order valence-electron chi connectivity index (χ1n) is 8.11. The fraction of sp³-hybridized carbons (Fsp3) is 0.500. The van der Waals surface area contributed by atoms with Crippen LogP contribution in [-0.2, 0) is 20.8 Å². The van der Waals surface area contributed by atoms with Crippen LogP contribution < -0.4 is 5.32 Å². The second kappa shape index (κ2) is 6.74. The van der Waals surface area contributed by atoms with E-state index in [2.05, 4.69) is 5.32 Å². The number of nitrogens with zero attached hydrogens (tertiary/aromatic N) is 1. The summed E-state index contributed by atoms with van der Waals surface area (Å²) >= 11 is 0. The molecule has 0 aromatic heterocycles. The molecule has 2 atom stereocenters. The maximum atomic E-state index is 12.3. The van der Waals surface area contributed by atoms with Gasteiger partial charge in [0.25, 0.3) is 0 Å². The lowest BCUT2D eigenvalue weighted by Crippen LogP contribution is -2.60. The second-order valence-corrected chi connectivity index (χ2v) is 7.24. The lowest BCUT2D eigenvalue weighted by atomic mass is 9.92. The topological polar surface area (TPSA) is 84.9 Å². The number of carbonyl (C=O) groups is 3. The van der Waals surface area contributed by atoms with E-state index in [0.29, 0.717) is 0 Å². The minimum absolute atomic E-state index is 0.197. The molecular formula is C18H24N2O5. The van der Waals surface area contributed by atoms with Crippen LogP contribution in [-0.4, -0.2) is 40.2 Å². The molecule has 0 saturated carbocycles. The molecule has 0 aliphatic carbocycles. The maximum absolute atomic E-state index is 12.3. The number of alkyl carbamates (subject to hydrolysis) is 1. The van der Waals surface area contributed by atoms with E-state index < -0.39 is 35.3 Å². The molecule has 1 aliphatic rings. The third-order valence-electron chi connectivity index (χ3n) is 4.13. The Morgan fingerprint density at radius 1 is 1.28 bits per heavy atom. The number of carbonyl (C=O) groups excluding carboxylic acids is 3. The lowest BCUT2D eigenvalue weighted by molar-refractivity contribution is -0.141. The van der Waals surface area contributed by atoms with E-state index in [4.69, 9.17) is 9.47 Å². The predicted octanol–water partition coefficient (Wildman–Crippen LogP) is 2.84. The van der Waals surface area contributed by atoms with Crippen LogP contribution in [0.2, 0.25) is 0 Å². The summed E-state index contributed by atoms with van der Waals surface area (Å²) < 4.78 is 10.0. The number of benzene rings is 1. The molecule has 1 aromatic carbocycles. The molecule has 0 spiro atoms. The van der Waals surface area contributed by atoms with Crippen molar-refractivity contribution in [1.29, 1.82) is 0 Å². The summed E-state index contributed by atoms with van der Waals surface area (Å²) in [6.45, 7) is 8.64. The highest BCUT2D eigenvalue weighted by Gasteiger charge is 2.55. The standard InChI is InChI=1S/C18H24N2O5/c1-12(19-15(22)25-17(2,3)4)18(5)14(21)24-16(23)20(18)11-13-9-7-6-8-10-13/h6-10,12H,11H2,1-5H3,(H,19,22)/t12-,18+/m0/s1. The van der Waals surface area contributed by atoms with Gasteiger partial charge in [-0.05, 0) is 40.2 Å². The molecule has 0 bridgehead atoms. The van der Waals surface area contributed by atoms with Crippen molar-refractivity contribution in [3.63, 3.8) is 0 Å². The van der Waals surface area contributed by atoms with E-state index in [1.807, 2.05) is 30.3 Å². The minimum Gasteiger partial charge on any atom is -0.444 e. The Hall–Kier alpha value is -2.57. The Balaban J connectivity index is 2.20. The Kier molecular flexibility index (Phi) is 5.06. The summed E-state index contributed by atoms with van der Waals surface area (Å²) in [4.78, 5) is 37.9. The van der Waals surface area contributed by atoms with Crippen molar-refractivity contribution in [2.75, 3.05) is 0 Å². The van der Waals surface area contributed by atoms with E-state index in [1.54, 1.807) is 34.6 Å². The van der Waals surface area contributed by atoms with Gasteiger partial charge in [0.2, 0.25) is 0 Å². The van der Waals surface area contributed by atoms with Crippen LogP contribution in [0.4, 0.5) is 9.59 Å². The minimum atomic E-state index is -1.33. The highest BCUT2D eigenvalue weighted by atomic mass is 16.6. The number of nitrogens with one attached hydrogen (secondary N) is 1. The van der Waals surface area contributed by atoms with Crippen molar-refractivity contribution in [2.45, 2.75) is 58.3 Å². The van der Waals surface area contributed by atoms with Crippen LogP contribution in [0.15, 0.2) is 30.3 Å². The van der Waals surface area contributed by atoms with E-state index >= 15 is 0 Å². The highest BCUT2D eigenvalue weighted by Crippen LogP contribution is 2.31. The molecule has 2 rings (SSSR count). The van der Waals surface area contributed by atoms with Crippen LogP contribution in [0.25, 0.3) is 0 Å². The average molecular weight is 348 g/mol. The summed E-state index contributed by atoms with van der Waals surface area (Å²) in [6.07, 6.45) is -1.39. The van der Waals surface area contributed by atoms with Gasteiger partial charge in [-0.1, -0.05) is 30.3 Å². The van der Waals surface area contributed by atoms with E-state index in [-0.39, 0.29) is 6.54 Å².